The van der Waals surface area contributed by atoms with Gasteiger partial charge in [0, 0.05) is 17.1 Å². The van der Waals surface area contributed by atoms with E-state index in [1.54, 1.807) is 0 Å². The van der Waals surface area contributed by atoms with Crippen LogP contribution in [0.2, 0.25) is 0 Å². The van der Waals surface area contributed by atoms with E-state index < -0.39 is 0 Å². The first-order chi connectivity index (χ1) is 10.1. The van der Waals surface area contributed by atoms with Crippen molar-refractivity contribution >= 4 is 31.9 Å². The molecular weight excluding hydrogens is 394 g/mol. The molecule has 0 amide bonds. The van der Waals surface area contributed by atoms with Gasteiger partial charge in [-0.2, -0.15) is 0 Å². The zero-order chi connectivity index (χ0) is 14.8. The molecule has 0 unspecified atom stereocenters. The summed E-state index contributed by atoms with van der Waals surface area (Å²) in [6.45, 7) is 3.08. The molecule has 1 fully saturated rings. The molecule has 4 heteroatoms. The maximum absolute atomic E-state index is 5.95. The molecule has 0 aliphatic heterocycles. The lowest BCUT2D eigenvalue weighted by atomic mass is 10.1. The largest absolute Gasteiger partial charge is 0.456 e. The molecular formula is C17H17Br2NO. The highest BCUT2D eigenvalue weighted by molar-refractivity contribution is 9.11. The fraction of sp³-hybridized carbons (Fsp3) is 0.294. The van der Waals surface area contributed by atoms with E-state index in [0.29, 0.717) is 0 Å². The van der Waals surface area contributed by atoms with Crippen LogP contribution in [-0.4, -0.2) is 6.04 Å². The van der Waals surface area contributed by atoms with Gasteiger partial charge in [0.25, 0.3) is 0 Å². The van der Waals surface area contributed by atoms with Gasteiger partial charge in [-0.05, 0) is 77.2 Å². The Kier molecular flexibility index (Phi) is 4.67. The van der Waals surface area contributed by atoms with Crippen LogP contribution in [0.5, 0.6) is 11.5 Å². The van der Waals surface area contributed by atoms with Crippen molar-refractivity contribution in [2.75, 3.05) is 0 Å². The summed E-state index contributed by atoms with van der Waals surface area (Å²) in [5, 5.41) is 3.54. The van der Waals surface area contributed by atoms with Crippen LogP contribution in [0.1, 0.15) is 24.0 Å². The van der Waals surface area contributed by atoms with Crippen molar-refractivity contribution in [3.63, 3.8) is 0 Å². The van der Waals surface area contributed by atoms with E-state index in [4.69, 9.17) is 4.74 Å². The van der Waals surface area contributed by atoms with Gasteiger partial charge in [0.05, 0.1) is 4.47 Å². The van der Waals surface area contributed by atoms with E-state index in [1.165, 1.54) is 24.0 Å². The molecule has 0 saturated heterocycles. The van der Waals surface area contributed by atoms with Crippen molar-refractivity contribution in [1.82, 2.24) is 5.32 Å². The Morgan fingerprint density at radius 2 is 1.95 bits per heavy atom. The number of benzene rings is 2. The summed E-state index contributed by atoms with van der Waals surface area (Å²) in [5.74, 6) is 1.69. The van der Waals surface area contributed by atoms with Crippen LogP contribution < -0.4 is 10.1 Å². The Morgan fingerprint density at radius 1 is 1.14 bits per heavy atom. The lowest BCUT2D eigenvalue weighted by Gasteiger charge is -2.12. The second-order valence-corrected chi connectivity index (χ2v) is 7.19. The molecule has 3 rings (SSSR count). The van der Waals surface area contributed by atoms with Crippen molar-refractivity contribution in [2.45, 2.75) is 32.4 Å². The summed E-state index contributed by atoms with van der Waals surface area (Å²) in [5.41, 5.74) is 2.60. The summed E-state index contributed by atoms with van der Waals surface area (Å²) in [4.78, 5) is 0. The predicted octanol–water partition coefficient (Wildman–Crippen LogP) is 5.56. The third kappa shape index (κ3) is 4.09. The second-order valence-electron chi connectivity index (χ2n) is 5.42. The van der Waals surface area contributed by atoms with E-state index in [0.717, 1.165) is 33.0 Å². The summed E-state index contributed by atoms with van der Waals surface area (Å²) in [7, 11) is 0. The van der Waals surface area contributed by atoms with Crippen LogP contribution in [0.4, 0.5) is 0 Å². The van der Waals surface area contributed by atoms with Crippen LogP contribution in [0.15, 0.2) is 45.3 Å². The minimum Gasteiger partial charge on any atom is -0.456 e. The SMILES string of the molecule is Cc1cc(Oc2ccc(Br)cc2Br)ccc1CNC1CC1. The molecule has 2 nitrogen and oxygen atoms in total. The molecule has 21 heavy (non-hydrogen) atoms. The number of ether oxygens (including phenoxy) is 1. The van der Waals surface area contributed by atoms with E-state index in [-0.39, 0.29) is 0 Å². The van der Waals surface area contributed by atoms with Crippen molar-refractivity contribution in [3.8, 4) is 11.5 Å². The molecule has 110 valence electrons. The molecule has 1 aliphatic carbocycles. The Hall–Kier alpha value is -0.840. The van der Waals surface area contributed by atoms with Crippen LogP contribution >= 0.6 is 31.9 Å². The third-order valence-corrected chi connectivity index (χ3v) is 4.71. The lowest BCUT2D eigenvalue weighted by Crippen LogP contribution is -2.15. The Balaban J connectivity index is 1.71. The minimum absolute atomic E-state index is 0.735. The van der Waals surface area contributed by atoms with Crippen molar-refractivity contribution < 1.29 is 4.74 Å². The first kappa shape index (κ1) is 15.1. The van der Waals surface area contributed by atoms with E-state index in [9.17, 15) is 0 Å². The summed E-state index contributed by atoms with van der Waals surface area (Å²) < 4.78 is 7.92. The fourth-order valence-corrected chi connectivity index (χ4v) is 3.28. The molecule has 0 heterocycles. The van der Waals surface area contributed by atoms with Gasteiger partial charge in [0.2, 0.25) is 0 Å². The average Bonchev–Trinajstić information content (AvgIpc) is 3.25. The minimum atomic E-state index is 0.735. The third-order valence-electron chi connectivity index (χ3n) is 3.59. The molecule has 0 atom stereocenters. The van der Waals surface area contributed by atoms with Gasteiger partial charge in [0.15, 0.2) is 0 Å². The van der Waals surface area contributed by atoms with Crippen LogP contribution in [0, 0.1) is 6.92 Å². The molecule has 2 aromatic rings. The van der Waals surface area contributed by atoms with Gasteiger partial charge >= 0.3 is 0 Å². The maximum Gasteiger partial charge on any atom is 0.141 e. The zero-order valence-electron chi connectivity index (χ0n) is 11.8. The smallest absolute Gasteiger partial charge is 0.141 e. The summed E-state index contributed by atoms with van der Waals surface area (Å²) >= 11 is 6.96. The van der Waals surface area contributed by atoms with Gasteiger partial charge in [-0.1, -0.05) is 22.0 Å². The predicted molar refractivity (Wildman–Crippen MR) is 93.0 cm³/mol. The highest BCUT2D eigenvalue weighted by Gasteiger charge is 2.20. The van der Waals surface area contributed by atoms with Crippen molar-refractivity contribution in [2.24, 2.45) is 0 Å². The highest BCUT2D eigenvalue weighted by atomic mass is 79.9. The van der Waals surface area contributed by atoms with E-state index in [1.807, 2.05) is 24.3 Å². The second kappa shape index (κ2) is 6.51. The van der Waals surface area contributed by atoms with Crippen LogP contribution in [0.3, 0.4) is 0 Å². The van der Waals surface area contributed by atoms with Gasteiger partial charge in [-0.25, -0.2) is 0 Å². The molecule has 1 N–H and O–H groups in total. The standard InChI is InChI=1S/C17H17Br2NO/c1-11-8-15(6-2-12(11)10-20-14-4-5-14)21-17-7-3-13(18)9-16(17)19/h2-3,6-9,14,20H,4-5,10H2,1H3. The van der Waals surface area contributed by atoms with E-state index in [2.05, 4.69) is 56.2 Å². The number of hydrogen-bond acceptors (Lipinski definition) is 2. The monoisotopic (exact) mass is 409 g/mol. The Labute approximate surface area is 142 Å². The van der Waals surface area contributed by atoms with Crippen LogP contribution in [-0.2, 0) is 6.54 Å². The first-order valence-corrected chi connectivity index (χ1v) is 8.66. The van der Waals surface area contributed by atoms with Gasteiger partial charge < -0.3 is 10.1 Å². The number of rotatable bonds is 5. The zero-order valence-corrected chi connectivity index (χ0v) is 15.0. The normalized spacial score (nSPS) is 14.2. The Bertz CT molecular complexity index is 653. The lowest BCUT2D eigenvalue weighted by molar-refractivity contribution is 0.478. The Morgan fingerprint density at radius 3 is 2.62 bits per heavy atom. The van der Waals surface area contributed by atoms with Crippen LogP contribution in [0.25, 0.3) is 0 Å². The van der Waals surface area contributed by atoms with Gasteiger partial charge in [0.1, 0.15) is 11.5 Å². The topological polar surface area (TPSA) is 21.3 Å². The van der Waals surface area contributed by atoms with Crippen molar-refractivity contribution in [3.05, 3.63) is 56.5 Å². The quantitative estimate of drug-likeness (QED) is 0.696. The van der Waals surface area contributed by atoms with E-state index >= 15 is 0 Å². The van der Waals surface area contributed by atoms with Crippen molar-refractivity contribution in [1.29, 1.82) is 0 Å². The molecule has 2 aromatic carbocycles. The summed E-state index contributed by atoms with van der Waals surface area (Å²) in [6, 6.07) is 12.9. The molecule has 1 aliphatic rings. The number of halogens is 2. The number of hydrogen-bond donors (Lipinski definition) is 1. The molecule has 0 aromatic heterocycles. The maximum atomic E-state index is 5.95. The highest BCUT2D eigenvalue weighted by Crippen LogP contribution is 2.32. The molecule has 1 saturated carbocycles. The molecule has 0 spiro atoms. The number of nitrogens with one attached hydrogen (secondary N) is 1. The molecule has 0 radical (unpaired) electrons. The first-order valence-electron chi connectivity index (χ1n) is 7.07. The fourth-order valence-electron chi connectivity index (χ4n) is 2.16. The average molecular weight is 411 g/mol. The summed E-state index contributed by atoms with van der Waals surface area (Å²) in [6.07, 6.45) is 2.63. The number of aryl methyl sites for hydroxylation is 1. The van der Waals surface area contributed by atoms with Gasteiger partial charge in [-0.15, -0.1) is 0 Å². The molecule has 0 bridgehead atoms. The van der Waals surface area contributed by atoms with Gasteiger partial charge in [-0.3, -0.25) is 0 Å².